The van der Waals surface area contributed by atoms with Gasteiger partial charge in [0.05, 0.1) is 13.2 Å². The largest absolute Gasteiger partial charge is 0.472 e. The van der Waals surface area contributed by atoms with Gasteiger partial charge in [0.15, 0.2) is 6.10 Å². The molecular weight excluding hydrogens is 641 g/mol. The van der Waals surface area contributed by atoms with Crippen LogP contribution < -0.4 is 5.73 Å². The first-order valence-corrected chi connectivity index (χ1v) is 20.6. The molecule has 284 valence electrons. The van der Waals surface area contributed by atoms with Crippen LogP contribution in [0, 0.1) is 0 Å². The average Bonchev–Trinajstić information content (AvgIpc) is 3.08. The van der Waals surface area contributed by atoms with Crippen molar-refractivity contribution in [1.29, 1.82) is 0 Å². The van der Waals surface area contributed by atoms with Crippen LogP contribution in [0.2, 0.25) is 0 Å². The van der Waals surface area contributed by atoms with Crippen molar-refractivity contribution in [2.45, 2.75) is 161 Å². The summed E-state index contributed by atoms with van der Waals surface area (Å²) in [7, 11) is -4.38. The Kier molecular flexibility index (Phi) is 34.3. The number of carbonyl (C=O) groups is 2. The zero-order valence-corrected chi connectivity index (χ0v) is 31.8. The summed E-state index contributed by atoms with van der Waals surface area (Å²) in [6.07, 6.45) is 38.7. The second-order valence-electron chi connectivity index (χ2n) is 12.4. The summed E-state index contributed by atoms with van der Waals surface area (Å²) in [4.78, 5) is 34.6. The number of unbranched alkanes of at least 4 members (excludes halogenated alkanes) is 14. The lowest BCUT2D eigenvalue weighted by molar-refractivity contribution is -0.161. The molecule has 1 unspecified atom stereocenters. The molecule has 10 heteroatoms. The zero-order chi connectivity index (χ0) is 36.1. The van der Waals surface area contributed by atoms with E-state index in [2.05, 4.69) is 62.5 Å². The topological polar surface area (TPSA) is 134 Å². The molecule has 0 fully saturated rings. The quantitative estimate of drug-likeness (QED) is 0.0285. The summed E-state index contributed by atoms with van der Waals surface area (Å²) in [6.45, 7) is 3.59. The fourth-order valence-electron chi connectivity index (χ4n) is 4.81. The maximum atomic E-state index is 12.5. The van der Waals surface area contributed by atoms with Crippen LogP contribution in [0.3, 0.4) is 0 Å². The molecule has 0 saturated heterocycles. The van der Waals surface area contributed by atoms with Crippen molar-refractivity contribution in [3.05, 3.63) is 48.6 Å². The van der Waals surface area contributed by atoms with E-state index in [0.717, 1.165) is 64.2 Å². The lowest BCUT2D eigenvalue weighted by Gasteiger charge is -2.19. The number of rotatable bonds is 35. The van der Waals surface area contributed by atoms with Gasteiger partial charge in [-0.1, -0.05) is 127 Å². The molecule has 0 aliphatic heterocycles. The minimum atomic E-state index is -4.38. The molecular formula is C39H70NO8P. The van der Waals surface area contributed by atoms with Gasteiger partial charge < -0.3 is 20.1 Å². The Morgan fingerprint density at radius 3 is 1.71 bits per heavy atom. The summed E-state index contributed by atoms with van der Waals surface area (Å²) in [5.41, 5.74) is 5.32. The Morgan fingerprint density at radius 1 is 0.612 bits per heavy atom. The van der Waals surface area contributed by atoms with Crippen LogP contribution in [-0.4, -0.2) is 49.3 Å². The first-order chi connectivity index (χ1) is 23.8. The van der Waals surface area contributed by atoms with Crippen molar-refractivity contribution in [1.82, 2.24) is 0 Å². The van der Waals surface area contributed by atoms with Gasteiger partial charge >= 0.3 is 19.8 Å². The molecule has 49 heavy (non-hydrogen) atoms. The standard InChI is InChI=1S/C39H70NO8P/c1-3-5-7-9-11-13-15-16-17-18-19-20-22-23-25-27-29-31-38(41)45-35-37(36-47-49(43,44)46-34-33-40)48-39(42)32-30-28-26-24-21-14-12-10-8-6-4-2/h10,12,16-17,19-20,23,25,37H,3-9,11,13-15,18,21-22,24,26-36,40H2,1-2H3,(H,43,44)/b12-10+,17-16+,20-19+,25-23+/t37-/m0/s1. The highest BCUT2D eigenvalue weighted by atomic mass is 31.2. The minimum absolute atomic E-state index is 0.0441. The number of nitrogens with two attached hydrogens (primary N) is 1. The monoisotopic (exact) mass is 711 g/mol. The van der Waals surface area contributed by atoms with Gasteiger partial charge in [-0.25, -0.2) is 4.57 Å². The van der Waals surface area contributed by atoms with Crippen LogP contribution in [0.1, 0.15) is 155 Å². The van der Waals surface area contributed by atoms with Crippen LogP contribution in [0.15, 0.2) is 48.6 Å². The summed E-state index contributed by atoms with van der Waals surface area (Å²) < 4.78 is 32.5. The van der Waals surface area contributed by atoms with Crippen LogP contribution in [0.5, 0.6) is 0 Å². The third kappa shape index (κ3) is 35.6. The van der Waals surface area contributed by atoms with Crippen LogP contribution in [0.25, 0.3) is 0 Å². The molecule has 0 radical (unpaired) electrons. The molecule has 0 bridgehead atoms. The highest BCUT2D eigenvalue weighted by Gasteiger charge is 2.25. The van der Waals surface area contributed by atoms with Crippen molar-refractivity contribution in [2.75, 3.05) is 26.4 Å². The van der Waals surface area contributed by atoms with E-state index in [0.29, 0.717) is 12.8 Å². The fraction of sp³-hybridized carbons (Fsp3) is 0.744. The fourth-order valence-corrected chi connectivity index (χ4v) is 5.57. The van der Waals surface area contributed by atoms with Crippen molar-refractivity contribution in [3.8, 4) is 0 Å². The third-order valence-corrected chi connectivity index (χ3v) is 8.67. The molecule has 3 N–H and O–H groups in total. The second-order valence-corrected chi connectivity index (χ2v) is 13.9. The van der Waals surface area contributed by atoms with E-state index < -0.39 is 32.5 Å². The summed E-state index contributed by atoms with van der Waals surface area (Å²) >= 11 is 0. The molecule has 0 rings (SSSR count). The Labute approximate surface area is 298 Å². The number of hydrogen-bond acceptors (Lipinski definition) is 8. The summed E-state index contributed by atoms with van der Waals surface area (Å²) in [6, 6.07) is 0. The number of carbonyl (C=O) groups excluding carboxylic acids is 2. The molecule has 9 nitrogen and oxygen atoms in total. The summed E-state index contributed by atoms with van der Waals surface area (Å²) in [5.74, 6) is -0.906. The van der Waals surface area contributed by atoms with E-state index in [-0.39, 0.29) is 32.6 Å². The van der Waals surface area contributed by atoms with Gasteiger partial charge in [0, 0.05) is 19.4 Å². The molecule has 0 heterocycles. The van der Waals surface area contributed by atoms with E-state index in [1.54, 1.807) is 0 Å². The van der Waals surface area contributed by atoms with Crippen molar-refractivity contribution in [2.24, 2.45) is 5.73 Å². The van der Waals surface area contributed by atoms with Gasteiger partial charge in [-0.05, 0) is 64.2 Å². The first kappa shape index (κ1) is 47.0. The highest BCUT2D eigenvalue weighted by molar-refractivity contribution is 7.47. The SMILES string of the molecule is CCCC/C=C/CCCCCCCC(=O)O[C@@H](COC(=O)CCC/C=C/C/C=C/C/C=C/CCCCCCCC)COP(=O)(O)OCCN. The van der Waals surface area contributed by atoms with E-state index >= 15 is 0 Å². The van der Waals surface area contributed by atoms with Crippen LogP contribution >= 0.6 is 7.82 Å². The maximum Gasteiger partial charge on any atom is 0.472 e. The van der Waals surface area contributed by atoms with Crippen molar-refractivity contribution < 1.29 is 37.6 Å². The normalized spacial score (nSPS) is 14.0. The molecule has 2 atom stereocenters. The first-order valence-electron chi connectivity index (χ1n) is 19.1. The Hall–Kier alpha value is -2.03. The number of phosphoric acid groups is 1. The van der Waals surface area contributed by atoms with Gasteiger partial charge in [0.2, 0.25) is 0 Å². The van der Waals surface area contributed by atoms with Gasteiger partial charge in [0.25, 0.3) is 0 Å². The molecule has 0 aliphatic rings. The Bertz CT molecular complexity index is 949. The highest BCUT2D eigenvalue weighted by Crippen LogP contribution is 2.43. The van der Waals surface area contributed by atoms with Gasteiger partial charge in [0.1, 0.15) is 6.61 Å². The number of hydrogen-bond donors (Lipinski definition) is 2. The molecule has 0 aromatic carbocycles. The van der Waals surface area contributed by atoms with Gasteiger partial charge in [-0.2, -0.15) is 0 Å². The van der Waals surface area contributed by atoms with Gasteiger partial charge in [-0.15, -0.1) is 0 Å². The maximum absolute atomic E-state index is 12.5. The predicted octanol–water partition coefficient (Wildman–Crippen LogP) is 10.4. The minimum Gasteiger partial charge on any atom is -0.462 e. The average molecular weight is 712 g/mol. The van der Waals surface area contributed by atoms with E-state index in [4.69, 9.17) is 24.3 Å². The van der Waals surface area contributed by atoms with Crippen molar-refractivity contribution in [3.63, 3.8) is 0 Å². The lowest BCUT2D eigenvalue weighted by Crippen LogP contribution is -2.29. The molecule has 0 spiro atoms. The van der Waals surface area contributed by atoms with Gasteiger partial charge in [-0.3, -0.25) is 18.6 Å². The number of phosphoric ester groups is 1. The summed E-state index contributed by atoms with van der Waals surface area (Å²) in [5, 5.41) is 0. The zero-order valence-electron chi connectivity index (χ0n) is 30.9. The molecule has 0 amide bonds. The second kappa shape index (κ2) is 35.8. The van der Waals surface area contributed by atoms with Crippen molar-refractivity contribution >= 4 is 19.8 Å². The predicted molar refractivity (Wildman–Crippen MR) is 201 cm³/mol. The molecule has 0 aliphatic carbocycles. The Balaban J connectivity index is 4.31. The van der Waals surface area contributed by atoms with E-state index in [1.165, 1.54) is 51.4 Å². The number of allylic oxidation sites excluding steroid dienone is 8. The van der Waals surface area contributed by atoms with Crippen LogP contribution in [0.4, 0.5) is 0 Å². The van der Waals surface area contributed by atoms with E-state index in [9.17, 15) is 19.0 Å². The lowest BCUT2D eigenvalue weighted by atomic mass is 10.1. The smallest absolute Gasteiger partial charge is 0.462 e. The third-order valence-electron chi connectivity index (χ3n) is 7.69. The molecule has 0 saturated carbocycles. The number of esters is 2. The molecule has 0 aromatic rings. The van der Waals surface area contributed by atoms with Crippen LogP contribution in [-0.2, 0) is 32.7 Å². The number of ether oxygens (including phenoxy) is 2. The molecule has 0 aromatic heterocycles. The van der Waals surface area contributed by atoms with E-state index in [1.807, 2.05) is 0 Å². The Morgan fingerprint density at radius 2 is 1.10 bits per heavy atom.